The van der Waals surface area contributed by atoms with Crippen LogP contribution in [0, 0.1) is 6.92 Å². The van der Waals surface area contributed by atoms with Gasteiger partial charge in [-0.3, -0.25) is 8.78 Å². The van der Waals surface area contributed by atoms with Crippen molar-refractivity contribution in [1.82, 2.24) is 0 Å². The molecule has 0 aromatic heterocycles. The van der Waals surface area contributed by atoms with Gasteiger partial charge in [0.05, 0.1) is 13.9 Å². The molecule has 0 radical (unpaired) electrons. The summed E-state index contributed by atoms with van der Waals surface area (Å²) in [4.78, 5) is 0. The zero-order valence-corrected chi connectivity index (χ0v) is 8.63. The van der Waals surface area contributed by atoms with Crippen molar-refractivity contribution >= 4 is 0 Å². The second kappa shape index (κ2) is 107. The smallest absolute Gasteiger partial charge is 0.0891 e. The van der Waals surface area contributed by atoms with E-state index in [1.165, 1.54) is 0 Å². The maximum Gasteiger partial charge on any atom is 0.0891 e. The largest absolute Gasteiger partial charge is 0.346 e. The van der Waals surface area contributed by atoms with Crippen LogP contribution in [0.3, 0.4) is 0 Å². The van der Waals surface area contributed by atoms with E-state index in [1.807, 2.05) is 0 Å². The Labute approximate surface area is 81.5 Å². The fourth-order valence-corrected chi connectivity index (χ4v) is 0. The van der Waals surface area contributed by atoms with Gasteiger partial charge in [0.25, 0.3) is 0 Å². The first-order chi connectivity index (χ1) is 4.83. The van der Waals surface area contributed by atoms with E-state index in [0.717, 1.165) is 0 Å². The quantitative estimate of drug-likeness (QED) is 0.647. The third-order valence-electron chi connectivity index (χ3n) is 0.134. The molecule has 0 aliphatic carbocycles. The van der Waals surface area contributed by atoms with Crippen LogP contribution in [0.25, 0.3) is 0 Å². The number of hydrogen-bond donors (Lipinski definition) is 0. The van der Waals surface area contributed by atoms with Crippen molar-refractivity contribution in [2.45, 2.75) is 27.6 Å². The first kappa shape index (κ1) is 16.9. The Morgan fingerprint density at radius 1 is 1.50 bits per heavy atom. The standard InChI is InChI=1S/C3H7F.C2H5.CH3F.CH4.W/c1-2-3-4;2*1-2;;/h2-3H2,1H3;1H2,2H3;1H3;1H4;/q;-1;;;/i1T;2T;;;. The minimum Gasteiger partial charge on any atom is -0.346 e. The fraction of sp³-hybridized carbons (Fsp3) is 0.857. The number of halogens is 2. The van der Waals surface area contributed by atoms with Gasteiger partial charge >= 0.3 is 0 Å². The molecule has 0 nitrogen and oxygen atoms in total. The van der Waals surface area contributed by atoms with Gasteiger partial charge in [0.15, 0.2) is 0 Å². The SMILES string of the molecule is C.CF.[3H]CCCF.[3H]C[CH2-].[W]. The molecule has 0 atom stereocenters. The van der Waals surface area contributed by atoms with Gasteiger partial charge in [0, 0.05) is 22.4 Å². The van der Waals surface area contributed by atoms with E-state index in [9.17, 15) is 8.78 Å². The third-order valence-corrected chi connectivity index (χ3v) is 0.134. The molecule has 0 heterocycles. The van der Waals surface area contributed by atoms with Crippen molar-refractivity contribution in [3.63, 3.8) is 0 Å². The Morgan fingerprint density at radius 2 is 1.80 bits per heavy atom. The summed E-state index contributed by atoms with van der Waals surface area (Å²) < 4.78 is 32.8. The first-order valence-corrected chi connectivity index (χ1v) is 2.15. The summed E-state index contributed by atoms with van der Waals surface area (Å²) in [6, 6.07) is 0. The van der Waals surface area contributed by atoms with Gasteiger partial charge in [-0.1, -0.05) is 14.3 Å². The van der Waals surface area contributed by atoms with Gasteiger partial charge in [0.2, 0.25) is 0 Å². The van der Waals surface area contributed by atoms with Crippen molar-refractivity contribution in [3.05, 3.63) is 6.92 Å². The van der Waals surface area contributed by atoms with Gasteiger partial charge in [-0.2, -0.15) is 6.90 Å². The second-order valence-corrected chi connectivity index (χ2v) is 0.543. The zero-order valence-electron chi connectivity index (χ0n) is 7.70. The first-order valence-electron chi connectivity index (χ1n) is 3.56. The number of alkyl halides is 2. The molecule has 0 aromatic rings. The topological polar surface area (TPSA) is 0 Å². The van der Waals surface area contributed by atoms with Crippen LogP contribution in [-0.2, 0) is 21.1 Å². The van der Waals surface area contributed by atoms with Crippen LogP contribution in [-0.4, -0.2) is 13.9 Å². The van der Waals surface area contributed by atoms with E-state index in [2.05, 4.69) is 6.92 Å². The maximum absolute atomic E-state index is 10.9. The molecule has 0 fully saturated rings. The van der Waals surface area contributed by atoms with E-state index in [4.69, 9.17) is 2.74 Å². The van der Waals surface area contributed by atoms with Crippen LogP contribution in [0.15, 0.2) is 0 Å². The third kappa shape index (κ3) is 203. The van der Waals surface area contributed by atoms with Crippen molar-refractivity contribution in [2.24, 2.45) is 0 Å². The summed E-state index contributed by atoms with van der Waals surface area (Å²) >= 11 is 0. The summed E-state index contributed by atoms with van der Waals surface area (Å²) in [6.45, 7) is 3.28. The Hall–Kier alpha value is 0.548. The second-order valence-electron chi connectivity index (χ2n) is 0.543. The van der Waals surface area contributed by atoms with E-state index in [0.29, 0.717) is 13.6 Å². The summed E-state index contributed by atoms with van der Waals surface area (Å²) in [5.41, 5.74) is 0. The summed E-state index contributed by atoms with van der Waals surface area (Å²) in [5.74, 6) is 0. The average Bonchev–Trinajstić information content (AvgIpc) is 1.96. The summed E-state index contributed by atoms with van der Waals surface area (Å²) in [6.07, 6.45) is 0.389. The van der Waals surface area contributed by atoms with Crippen LogP contribution in [0.4, 0.5) is 8.78 Å². The molecule has 0 aromatic carbocycles. The Kier molecular flexibility index (Phi) is 181. The van der Waals surface area contributed by atoms with Crippen molar-refractivity contribution in [1.29, 1.82) is 0 Å². The van der Waals surface area contributed by atoms with Crippen molar-refractivity contribution in [2.75, 3.05) is 13.9 Å². The molecule has 0 saturated carbocycles. The normalized spacial score (nSPS) is 6.80. The summed E-state index contributed by atoms with van der Waals surface area (Å²) in [5, 5.41) is 0. The Balaban J connectivity index is -0.0000000209. The van der Waals surface area contributed by atoms with E-state index < -0.39 is 0 Å². The number of hydrogen-bond acceptors (Lipinski definition) is 0. The van der Waals surface area contributed by atoms with Crippen molar-refractivity contribution < 1.29 is 32.6 Å². The Morgan fingerprint density at radius 3 is 1.80 bits per heavy atom. The van der Waals surface area contributed by atoms with Crippen LogP contribution in [0.2, 0.25) is 0 Å². The van der Waals surface area contributed by atoms with Gasteiger partial charge in [0.1, 0.15) is 0 Å². The molecular formula is C7H19F2W-. The Bertz CT molecular complexity index is 33.4. The molecule has 3 heteroatoms. The molecule has 0 bridgehead atoms. The van der Waals surface area contributed by atoms with Crippen LogP contribution < -0.4 is 0 Å². The van der Waals surface area contributed by atoms with Crippen molar-refractivity contribution in [3.8, 4) is 0 Å². The molecule has 0 spiro atoms. The predicted octanol–water partition coefficient (Wildman–Crippen LogP) is 3.43. The van der Waals surface area contributed by atoms with Crippen LogP contribution >= 0.6 is 0 Å². The molecule has 0 aliphatic rings. The number of rotatable bonds is 1. The maximum atomic E-state index is 10.9. The van der Waals surface area contributed by atoms with E-state index >= 15 is 0 Å². The van der Waals surface area contributed by atoms with Gasteiger partial charge in [-0.15, -0.1) is 0 Å². The zero-order chi connectivity index (χ0) is 8.83. The molecule has 68 valence electrons. The molecular weight excluding hydrogens is 306 g/mol. The minimum absolute atomic E-state index is 0. The van der Waals surface area contributed by atoms with Gasteiger partial charge < -0.3 is 6.92 Å². The molecule has 10 heavy (non-hydrogen) atoms. The van der Waals surface area contributed by atoms with Gasteiger partial charge in [-0.05, 0) is 7.79 Å². The van der Waals surface area contributed by atoms with Crippen LogP contribution in [0.1, 0.15) is 30.4 Å². The molecule has 0 aliphatic heterocycles. The average molecular weight is 329 g/mol. The van der Waals surface area contributed by atoms with E-state index in [-0.39, 0.29) is 49.0 Å². The monoisotopic (exact) mass is 329 g/mol. The summed E-state index contributed by atoms with van der Waals surface area (Å²) in [7, 11) is 0.500. The van der Waals surface area contributed by atoms with Crippen LogP contribution in [0.5, 0.6) is 0 Å². The van der Waals surface area contributed by atoms with Gasteiger partial charge in [-0.25, -0.2) is 0 Å². The molecule has 0 unspecified atom stereocenters. The molecule has 0 amide bonds. The fourth-order valence-electron chi connectivity index (χ4n) is 0. The molecule has 0 rings (SSSR count). The molecule has 0 saturated heterocycles. The minimum atomic E-state index is -0.344. The predicted molar refractivity (Wildman–Crippen MR) is 41.1 cm³/mol. The molecule has 0 N–H and O–H groups in total. The van der Waals surface area contributed by atoms with E-state index in [1.54, 1.807) is 0 Å².